The van der Waals surface area contributed by atoms with E-state index in [1.54, 1.807) is 0 Å². The van der Waals surface area contributed by atoms with Crippen LogP contribution in [-0.2, 0) is 19.3 Å². The van der Waals surface area contributed by atoms with Crippen molar-refractivity contribution >= 4 is 21.6 Å². The highest BCUT2D eigenvalue weighted by Crippen LogP contribution is 2.43. The number of benzene rings is 3. The normalized spacial score (nSPS) is 12.4. The molecule has 3 aromatic carbocycles. The van der Waals surface area contributed by atoms with Crippen LogP contribution in [0.1, 0.15) is 36.1 Å². The van der Waals surface area contributed by atoms with Crippen molar-refractivity contribution in [2.45, 2.75) is 33.1 Å². The Balaban J connectivity index is 1.71. The van der Waals surface area contributed by atoms with Crippen LogP contribution in [0.4, 0.5) is 0 Å². The highest BCUT2D eigenvalue weighted by Gasteiger charge is 2.22. The number of aromatic nitrogens is 1. The Morgan fingerprint density at radius 2 is 1.65 bits per heavy atom. The summed E-state index contributed by atoms with van der Waals surface area (Å²) < 4.78 is 1.31. The molecule has 0 unspecified atom stereocenters. The van der Waals surface area contributed by atoms with Crippen LogP contribution in [0.15, 0.2) is 54.6 Å². The zero-order valence-electron chi connectivity index (χ0n) is 15.2. The third-order valence-corrected chi connectivity index (χ3v) is 6.63. The molecule has 1 aromatic heterocycles. The average molecular weight is 356 g/mol. The van der Waals surface area contributed by atoms with Crippen LogP contribution in [0.5, 0.6) is 0 Å². The number of thiazole rings is 1. The molecule has 2 heteroatoms. The van der Waals surface area contributed by atoms with Gasteiger partial charge in [0.15, 0.2) is 0 Å². The lowest BCUT2D eigenvalue weighted by Crippen LogP contribution is -1.92. The zero-order valence-corrected chi connectivity index (χ0v) is 16.0. The summed E-state index contributed by atoms with van der Waals surface area (Å²) in [5.74, 6) is 0. The van der Waals surface area contributed by atoms with Crippen molar-refractivity contribution in [2.24, 2.45) is 0 Å². The summed E-state index contributed by atoms with van der Waals surface area (Å²) in [7, 11) is 0. The van der Waals surface area contributed by atoms with Gasteiger partial charge in [0.1, 0.15) is 5.01 Å². The van der Waals surface area contributed by atoms with E-state index >= 15 is 0 Å². The van der Waals surface area contributed by atoms with E-state index in [-0.39, 0.29) is 0 Å². The number of aryl methyl sites for hydroxylation is 2. The summed E-state index contributed by atoms with van der Waals surface area (Å²) in [5.41, 5.74) is 11.0. The quantitative estimate of drug-likeness (QED) is 0.353. The highest BCUT2D eigenvalue weighted by molar-refractivity contribution is 7.21. The molecule has 1 aliphatic rings. The SMILES string of the molecule is CCc1ccc2sc(-c3cccc4c3Cc3ccccc3-4)nc2c1CC. The minimum atomic E-state index is 1.01. The van der Waals surface area contributed by atoms with Crippen LogP contribution in [0.2, 0.25) is 0 Å². The molecule has 4 aromatic rings. The molecule has 0 saturated heterocycles. The van der Waals surface area contributed by atoms with E-state index in [2.05, 4.69) is 68.4 Å². The van der Waals surface area contributed by atoms with E-state index in [1.165, 1.54) is 49.2 Å². The van der Waals surface area contributed by atoms with Gasteiger partial charge in [0.05, 0.1) is 10.2 Å². The second kappa shape index (κ2) is 6.07. The number of hydrogen-bond donors (Lipinski definition) is 0. The largest absolute Gasteiger partial charge is 0.236 e. The molecule has 26 heavy (non-hydrogen) atoms. The fraction of sp³-hybridized carbons (Fsp3) is 0.208. The molecule has 1 nitrogen and oxygen atoms in total. The maximum absolute atomic E-state index is 5.12. The van der Waals surface area contributed by atoms with E-state index in [0.29, 0.717) is 0 Å². The molecule has 0 N–H and O–H groups in total. The molecule has 1 aliphatic carbocycles. The van der Waals surface area contributed by atoms with Crippen LogP contribution >= 0.6 is 11.3 Å². The highest BCUT2D eigenvalue weighted by atomic mass is 32.1. The second-order valence-corrected chi connectivity index (χ2v) is 7.97. The lowest BCUT2D eigenvalue weighted by Gasteiger charge is -2.06. The number of hydrogen-bond acceptors (Lipinski definition) is 2. The Morgan fingerprint density at radius 3 is 2.50 bits per heavy atom. The van der Waals surface area contributed by atoms with Crippen molar-refractivity contribution < 1.29 is 0 Å². The summed E-state index contributed by atoms with van der Waals surface area (Å²) in [4.78, 5) is 5.12. The van der Waals surface area contributed by atoms with Crippen molar-refractivity contribution in [2.75, 3.05) is 0 Å². The molecule has 0 aliphatic heterocycles. The maximum Gasteiger partial charge on any atom is 0.124 e. The van der Waals surface area contributed by atoms with Crippen LogP contribution in [-0.4, -0.2) is 4.98 Å². The molecule has 0 amide bonds. The van der Waals surface area contributed by atoms with Gasteiger partial charge in [-0.05, 0) is 58.7 Å². The third-order valence-electron chi connectivity index (χ3n) is 5.58. The lowest BCUT2D eigenvalue weighted by atomic mass is 10.0. The first-order valence-electron chi connectivity index (χ1n) is 9.42. The van der Waals surface area contributed by atoms with E-state index in [0.717, 1.165) is 24.3 Å². The van der Waals surface area contributed by atoms with Gasteiger partial charge < -0.3 is 0 Å². The summed E-state index contributed by atoms with van der Waals surface area (Å²) in [6, 6.07) is 20.0. The Morgan fingerprint density at radius 1 is 0.846 bits per heavy atom. The van der Waals surface area contributed by atoms with Gasteiger partial charge in [-0.2, -0.15) is 0 Å². The maximum atomic E-state index is 5.12. The van der Waals surface area contributed by atoms with Crippen molar-refractivity contribution in [3.8, 4) is 21.7 Å². The van der Waals surface area contributed by atoms with E-state index in [1.807, 2.05) is 11.3 Å². The van der Waals surface area contributed by atoms with Crippen LogP contribution in [0.25, 0.3) is 31.9 Å². The molecule has 1 heterocycles. The van der Waals surface area contributed by atoms with Crippen molar-refractivity contribution in [1.29, 1.82) is 0 Å². The second-order valence-electron chi connectivity index (χ2n) is 6.94. The first-order valence-corrected chi connectivity index (χ1v) is 10.2. The molecular formula is C24H21NS. The predicted molar refractivity (Wildman–Crippen MR) is 112 cm³/mol. The zero-order chi connectivity index (χ0) is 17.7. The van der Waals surface area contributed by atoms with Gasteiger partial charge in [0.2, 0.25) is 0 Å². The van der Waals surface area contributed by atoms with Gasteiger partial charge in [-0.3, -0.25) is 0 Å². The monoisotopic (exact) mass is 355 g/mol. The first kappa shape index (κ1) is 15.8. The molecule has 0 saturated carbocycles. The molecule has 0 radical (unpaired) electrons. The van der Waals surface area contributed by atoms with Gasteiger partial charge in [-0.15, -0.1) is 11.3 Å². The summed E-state index contributed by atoms with van der Waals surface area (Å²) in [5, 5.41) is 1.16. The Bertz CT molecular complexity index is 1140. The molecule has 0 spiro atoms. The molecule has 0 fully saturated rings. The van der Waals surface area contributed by atoms with Crippen molar-refractivity contribution in [1.82, 2.24) is 4.98 Å². The molecule has 128 valence electrons. The summed E-state index contributed by atoms with van der Waals surface area (Å²) in [6.07, 6.45) is 3.13. The van der Waals surface area contributed by atoms with Gasteiger partial charge in [0, 0.05) is 5.56 Å². The Hall–Kier alpha value is -2.45. The molecule has 0 atom stereocenters. The van der Waals surface area contributed by atoms with Crippen molar-refractivity contribution in [3.63, 3.8) is 0 Å². The molecular weight excluding hydrogens is 334 g/mol. The minimum absolute atomic E-state index is 1.01. The van der Waals surface area contributed by atoms with Crippen LogP contribution in [0, 0.1) is 0 Å². The first-order chi connectivity index (χ1) is 12.8. The van der Waals surface area contributed by atoms with E-state index in [9.17, 15) is 0 Å². The Labute approximate surface area is 158 Å². The number of nitrogens with zero attached hydrogens (tertiary/aromatic N) is 1. The Kier molecular flexibility index (Phi) is 3.68. The topological polar surface area (TPSA) is 12.9 Å². The van der Waals surface area contributed by atoms with Gasteiger partial charge >= 0.3 is 0 Å². The standard InChI is InChI=1S/C24H21NS/c1-3-15-12-13-22-23(17(15)4-2)25-24(26-22)20-11-7-10-19-18-9-6-5-8-16(18)14-21(19)20/h5-13H,3-4,14H2,1-2H3. The summed E-state index contributed by atoms with van der Waals surface area (Å²) >= 11 is 1.83. The third kappa shape index (κ3) is 2.25. The van der Waals surface area contributed by atoms with Gasteiger partial charge in [-0.1, -0.05) is 62.4 Å². The average Bonchev–Trinajstić information content (AvgIpc) is 3.28. The van der Waals surface area contributed by atoms with E-state index < -0.39 is 0 Å². The lowest BCUT2D eigenvalue weighted by molar-refractivity contribution is 1.05. The molecule has 0 bridgehead atoms. The van der Waals surface area contributed by atoms with Crippen LogP contribution < -0.4 is 0 Å². The fourth-order valence-electron chi connectivity index (χ4n) is 4.29. The predicted octanol–water partition coefficient (Wildman–Crippen LogP) is 6.66. The minimum Gasteiger partial charge on any atom is -0.236 e. The van der Waals surface area contributed by atoms with Crippen LogP contribution in [0.3, 0.4) is 0 Å². The smallest absolute Gasteiger partial charge is 0.124 e. The van der Waals surface area contributed by atoms with Gasteiger partial charge in [0.25, 0.3) is 0 Å². The van der Waals surface area contributed by atoms with E-state index in [4.69, 9.17) is 4.98 Å². The number of fused-ring (bicyclic) bond motifs is 4. The number of rotatable bonds is 3. The summed E-state index contributed by atoms with van der Waals surface area (Å²) in [6.45, 7) is 4.47. The fourth-order valence-corrected chi connectivity index (χ4v) is 5.34. The van der Waals surface area contributed by atoms with Crippen molar-refractivity contribution in [3.05, 3.63) is 76.9 Å². The van der Waals surface area contributed by atoms with Gasteiger partial charge in [-0.25, -0.2) is 4.98 Å². The molecule has 5 rings (SSSR count).